The van der Waals surface area contributed by atoms with Crippen LogP contribution >= 0.6 is 27.5 Å². The molecule has 150 valence electrons. The van der Waals surface area contributed by atoms with Crippen molar-refractivity contribution in [2.24, 2.45) is 0 Å². The molecule has 0 saturated heterocycles. The van der Waals surface area contributed by atoms with E-state index in [1.165, 1.54) is 18.2 Å². The highest BCUT2D eigenvalue weighted by molar-refractivity contribution is 9.09. The molecule has 2 rings (SSSR count). The molecule has 0 radical (unpaired) electrons. The lowest BCUT2D eigenvalue weighted by molar-refractivity contribution is 0.439. The molecule has 0 atom stereocenters. The monoisotopic (exact) mass is 499 g/mol. The number of rotatable bonds is 8. The number of aromatic hydroxyl groups is 1. The van der Waals surface area contributed by atoms with Gasteiger partial charge in [0.25, 0.3) is 5.88 Å². The molecule has 0 aliphatic carbocycles. The molecule has 1 heterocycles. The van der Waals surface area contributed by atoms with E-state index in [0.717, 1.165) is 0 Å². The third kappa shape index (κ3) is 5.63. The summed E-state index contributed by atoms with van der Waals surface area (Å²) in [4.78, 5) is 0. The van der Waals surface area contributed by atoms with Crippen LogP contribution in [0.4, 0.5) is 10.3 Å². The molecule has 0 fully saturated rings. The maximum Gasteiger partial charge on any atom is 0.252 e. The van der Waals surface area contributed by atoms with E-state index in [4.69, 9.17) is 20.4 Å². The summed E-state index contributed by atoms with van der Waals surface area (Å²) in [5.41, 5.74) is -0.105. The molecule has 2 aromatic rings. The van der Waals surface area contributed by atoms with Crippen molar-refractivity contribution >= 4 is 51.8 Å². The minimum atomic E-state index is -3.75. The molecular weight excluding hydrogens is 481 g/mol. The van der Waals surface area contributed by atoms with Crippen molar-refractivity contribution in [3.63, 3.8) is 0 Å². The highest BCUT2D eigenvalue weighted by atomic mass is 79.9. The number of halogens is 3. The fourth-order valence-corrected chi connectivity index (χ4v) is 4.85. The molecule has 1 aromatic carbocycles. The van der Waals surface area contributed by atoms with E-state index in [1.54, 1.807) is 0 Å². The zero-order chi connectivity index (χ0) is 20.4. The topological polar surface area (TPSA) is 88.8 Å². The molecule has 11 heteroatoms. The Morgan fingerprint density at radius 2 is 2.04 bits per heavy atom. The van der Waals surface area contributed by atoms with Gasteiger partial charge in [-0.25, -0.2) is 17.5 Å². The molecular formula is C16H20BrClFNO5SSi. The third-order valence-electron chi connectivity index (χ3n) is 3.24. The van der Waals surface area contributed by atoms with Gasteiger partial charge in [0.05, 0.1) is 16.3 Å². The van der Waals surface area contributed by atoms with Crippen molar-refractivity contribution in [3.8, 4) is 22.8 Å². The Labute approximate surface area is 172 Å². The SMILES string of the molecule is C[Si](C)(C)Oc1c(NS(=O)(=O)CCCBr)oc(-c2cccc(Cl)c2F)c1O. The lowest BCUT2D eigenvalue weighted by Gasteiger charge is -2.19. The van der Waals surface area contributed by atoms with Gasteiger partial charge in [-0.05, 0) is 38.2 Å². The maximum atomic E-state index is 14.4. The zero-order valence-corrected chi connectivity index (χ0v) is 19.1. The Hall–Kier alpha value is -1.23. The number of nitrogens with one attached hydrogen (secondary N) is 1. The number of furan rings is 1. The van der Waals surface area contributed by atoms with Crippen LogP contribution in [0, 0.1) is 5.82 Å². The fraction of sp³-hybridized carbons (Fsp3) is 0.375. The Kier molecular flexibility index (Phi) is 6.88. The fourth-order valence-electron chi connectivity index (χ4n) is 2.17. The van der Waals surface area contributed by atoms with E-state index in [1.807, 2.05) is 19.6 Å². The van der Waals surface area contributed by atoms with Crippen LogP contribution in [0.3, 0.4) is 0 Å². The second kappa shape index (κ2) is 8.42. The molecule has 0 unspecified atom stereocenters. The molecule has 0 spiro atoms. The largest absolute Gasteiger partial charge is 0.538 e. The summed E-state index contributed by atoms with van der Waals surface area (Å²) in [5.74, 6) is -2.16. The van der Waals surface area contributed by atoms with Crippen LogP contribution in [0.2, 0.25) is 24.7 Å². The molecule has 0 saturated carbocycles. The second-order valence-corrected chi connectivity index (χ2v) is 14.2. The molecule has 0 aliphatic heterocycles. The number of anilines is 1. The predicted octanol–water partition coefficient (Wildman–Crippen LogP) is 5.19. The molecule has 27 heavy (non-hydrogen) atoms. The van der Waals surface area contributed by atoms with Crippen LogP contribution in [0.5, 0.6) is 11.5 Å². The smallest absolute Gasteiger partial charge is 0.252 e. The average Bonchev–Trinajstić information content (AvgIpc) is 2.83. The normalized spacial score (nSPS) is 12.2. The lowest BCUT2D eigenvalue weighted by atomic mass is 10.1. The van der Waals surface area contributed by atoms with Crippen LogP contribution in [0.1, 0.15) is 6.42 Å². The minimum Gasteiger partial charge on any atom is -0.538 e. The van der Waals surface area contributed by atoms with Crippen LogP contribution in [0.25, 0.3) is 11.3 Å². The Morgan fingerprint density at radius 1 is 1.37 bits per heavy atom. The van der Waals surface area contributed by atoms with Gasteiger partial charge in [-0.3, -0.25) is 0 Å². The van der Waals surface area contributed by atoms with Gasteiger partial charge in [-0.15, -0.1) is 0 Å². The average molecular weight is 501 g/mol. The predicted molar refractivity (Wildman–Crippen MR) is 111 cm³/mol. The summed E-state index contributed by atoms with van der Waals surface area (Å²) >= 11 is 8.97. The van der Waals surface area contributed by atoms with Gasteiger partial charge in [0.15, 0.2) is 11.6 Å². The number of alkyl halides is 1. The second-order valence-electron chi connectivity index (χ2n) is 6.72. The first-order valence-corrected chi connectivity index (χ1v) is 14.6. The quantitative estimate of drug-likeness (QED) is 0.385. The van der Waals surface area contributed by atoms with E-state index in [2.05, 4.69) is 20.7 Å². The summed E-state index contributed by atoms with van der Waals surface area (Å²) < 4.78 is 52.4. The molecule has 0 amide bonds. The molecule has 1 aromatic heterocycles. The van der Waals surface area contributed by atoms with Gasteiger partial charge in [0.1, 0.15) is 0 Å². The van der Waals surface area contributed by atoms with Crippen molar-refractivity contribution in [1.82, 2.24) is 0 Å². The Bertz CT molecular complexity index is 930. The maximum absolute atomic E-state index is 14.4. The first-order chi connectivity index (χ1) is 12.4. The van der Waals surface area contributed by atoms with Gasteiger partial charge in [0, 0.05) is 5.33 Å². The highest BCUT2D eigenvalue weighted by Crippen LogP contribution is 2.48. The number of sulfonamides is 1. The van der Waals surface area contributed by atoms with Gasteiger partial charge >= 0.3 is 0 Å². The van der Waals surface area contributed by atoms with E-state index in [0.29, 0.717) is 11.8 Å². The number of hydrogen-bond acceptors (Lipinski definition) is 5. The van der Waals surface area contributed by atoms with Crippen molar-refractivity contribution in [3.05, 3.63) is 29.0 Å². The summed E-state index contributed by atoms with van der Waals surface area (Å²) in [7, 11) is -6.00. The van der Waals surface area contributed by atoms with E-state index < -0.39 is 29.9 Å². The van der Waals surface area contributed by atoms with Crippen molar-refractivity contribution in [2.75, 3.05) is 15.8 Å². The first-order valence-electron chi connectivity index (χ1n) is 8.01. The summed E-state index contributed by atoms with van der Waals surface area (Å²) in [6.07, 6.45) is 0.377. The standard InChI is InChI=1S/C16H20BrClFNO5SSi/c1-27(2,3)25-15-13(21)14(10-6-4-7-11(18)12(10)19)24-16(15)20-26(22,23)9-5-8-17/h4,6-7,20-21H,5,8-9H2,1-3H3. The molecule has 0 aliphatic rings. The van der Waals surface area contributed by atoms with Crippen molar-refractivity contribution < 1.29 is 26.8 Å². The summed E-state index contributed by atoms with van der Waals surface area (Å²) in [5, 5.41) is 10.9. The Morgan fingerprint density at radius 3 is 2.63 bits per heavy atom. The van der Waals surface area contributed by atoms with Crippen LogP contribution in [0.15, 0.2) is 22.6 Å². The third-order valence-corrected chi connectivity index (χ3v) is 6.23. The van der Waals surface area contributed by atoms with Gasteiger partial charge in [0.2, 0.25) is 29.8 Å². The zero-order valence-electron chi connectivity index (χ0n) is 15.0. The van der Waals surface area contributed by atoms with Gasteiger partial charge in [-0.1, -0.05) is 33.6 Å². The van der Waals surface area contributed by atoms with Gasteiger partial charge < -0.3 is 13.9 Å². The van der Waals surface area contributed by atoms with Crippen molar-refractivity contribution in [1.29, 1.82) is 0 Å². The number of hydrogen-bond donors (Lipinski definition) is 2. The minimum absolute atomic E-state index is 0.105. The molecule has 6 nitrogen and oxygen atoms in total. The van der Waals surface area contributed by atoms with Gasteiger partial charge in [-0.2, -0.15) is 0 Å². The van der Waals surface area contributed by atoms with E-state index in [-0.39, 0.29) is 33.7 Å². The highest BCUT2D eigenvalue weighted by Gasteiger charge is 2.31. The van der Waals surface area contributed by atoms with E-state index >= 15 is 0 Å². The van der Waals surface area contributed by atoms with Crippen LogP contribution < -0.4 is 9.15 Å². The number of benzene rings is 1. The first kappa shape index (κ1) is 22.1. The van der Waals surface area contributed by atoms with Crippen LogP contribution in [-0.2, 0) is 10.0 Å². The molecule has 2 N–H and O–H groups in total. The van der Waals surface area contributed by atoms with Crippen molar-refractivity contribution in [2.45, 2.75) is 26.1 Å². The lowest BCUT2D eigenvalue weighted by Crippen LogP contribution is -2.29. The Balaban J connectivity index is 2.57. The van der Waals surface area contributed by atoms with E-state index in [9.17, 15) is 17.9 Å². The molecule has 0 bridgehead atoms. The summed E-state index contributed by atoms with van der Waals surface area (Å²) in [6, 6.07) is 4.20. The summed E-state index contributed by atoms with van der Waals surface area (Å²) in [6.45, 7) is 5.55. The van der Waals surface area contributed by atoms with Crippen LogP contribution in [-0.4, -0.2) is 32.9 Å².